The van der Waals surface area contributed by atoms with Crippen LogP contribution in [0.2, 0.25) is 0 Å². The second-order valence-electron chi connectivity index (χ2n) is 8.04. The molecule has 0 aliphatic rings. The van der Waals surface area contributed by atoms with E-state index in [0.29, 0.717) is 35.2 Å². The van der Waals surface area contributed by atoms with E-state index in [1.165, 1.54) is 0 Å². The fourth-order valence-electron chi connectivity index (χ4n) is 3.44. The predicted molar refractivity (Wildman–Crippen MR) is 129 cm³/mol. The van der Waals surface area contributed by atoms with Crippen LogP contribution >= 0.6 is 0 Å². The second kappa shape index (κ2) is 9.88. The van der Waals surface area contributed by atoms with E-state index in [0.717, 1.165) is 11.1 Å². The van der Waals surface area contributed by atoms with E-state index in [1.807, 2.05) is 60.7 Å². The molecule has 1 N–H and O–H groups in total. The summed E-state index contributed by atoms with van der Waals surface area (Å²) in [7, 11) is 0. The Bertz CT molecular complexity index is 1270. The number of nitrogens with zero attached hydrogens (tertiary/aromatic N) is 1. The molecule has 4 aromatic rings. The van der Waals surface area contributed by atoms with Crippen LogP contribution in [0.25, 0.3) is 22.5 Å². The van der Waals surface area contributed by atoms with Gasteiger partial charge in [0.15, 0.2) is 0 Å². The van der Waals surface area contributed by atoms with Gasteiger partial charge in [0.2, 0.25) is 5.88 Å². The number of carbonyl (C=O) groups is 1. The molecule has 0 saturated heterocycles. The van der Waals surface area contributed by atoms with Crippen molar-refractivity contribution in [1.82, 2.24) is 0 Å². The van der Waals surface area contributed by atoms with Crippen molar-refractivity contribution in [2.24, 2.45) is 5.92 Å². The SMILES string of the molecule is CC(C)COc1ccc(C(=O)Nc2oc(-c3ccccc3)c(-c3ccccc3)c2C#N)cc1. The van der Waals surface area contributed by atoms with E-state index in [-0.39, 0.29) is 17.4 Å². The van der Waals surface area contributed by atoms with Gasteiger partial charge in [0.05, 0.1) is 6.61 Å². The van der Waals surface area contributed by atoms with E-state index in [9.17, 15) is 10.1 Å². The molecule has 0 spiro atoms. The number of benzene rings is 3. The maximum atomic E-state index is 12.9. The average Bonchev–Trinajstić information content (AvgIpc) is 3.22. The Hall–Kier alpha value is -4.30. The summed E-state index contributed by atoms with van der Waals surface area (Å²) >= 11 is 0. The van der Waals surface area contributed by atoms with E-state index < -0.39 is 0 Å². The van der Waals surface area contributed by atoms with E-state index in [2.05, 4.69) is 25.2 Å². The van der Waals surface area contributed by atoms with Gasteiger partial charge < -0.3 is 9.15 Å². The Morgan fingerprint density at radius 1 is 0.939 bits per heavy atom. The molecule has 4 rings (SSSR count). The third kappa shape index (κ3) is 4.97. The number of rotatable bonds is 7. The summed E-state index contributed by atoms with van der Waals surface area (Å²) in [6.07, 6.45) is 0. The molecule has 1 aromatic heterocycles. The third-order valence-electron chi connectivity index (χ3n) is 5.05. The molecule has 0 unspecified atom stereocenters. The van der Waals surface area contributed by atoms with Gasteiger partial charge in [-0.25, -0.2) is 0 Å². The lowest BCUT2D eigenvalue weighted by molar-refractivity contribution is 0.102. The number of amides is 1. The summed E-state index contributed by atoms with van der Waals surface area (Å²) < 4.78 is 11.8. The lowest BCUT2D eigenvalue weighted by atomic mass is 9.98. The van der Waals surface area contributed by atoms with Gasteiger partial charge in [-0.1, -0.05) is 74.5 Å². The van der Waals surface area contributed by atoms with Gasteiger partial charge in [-0.05, 0) is 35.7 Å². The predicted octanol–water partition coefficient (Wildman–Crippen LogP) is 6.77. The van der Waals surface area contributed by atoms with E-state index >= 15 is 0 Å². The van der Waals surface area contributed by atoms with Crippen LogP contribution in [0, 0.1) is 17.2 Å². The molecule has 164 valence electrons. The van der Waals surface area contributed by atoms with Crippen molar-refractivity contribution in [2.75, 3.05) is 11.9 Å². The number of ether oxygens (including phenoxy) is 1. The van der Waals surface area contributed by atoms with E-state index in [4.69, 9.17) is 9.15 Å². The fourth-order valence-corrected chi connectivity index (χ4v) is 3.44. The zero-order valence-electron chi connectivity index (χ0n) is 18.5. The molecule has 5 nitrogen and oxygen atoms in total. The molecular weight excluding hydrogens is 412 g/mol. The summed E-state index contributed by atoms with van der Waals surface area (Å²) in [6, 6.07) is 28.2. The number of nitriles is 1. The van der Waals surface area contributed by atoms with Gasteiger partial charge in [-0.15, -0.1) is 0 Å². The van der Waals surface area contributed by atoms with Crippen molar-refractivity contribution in [3.05, 3.63) is 96.1 Å². The maximum Gasteiger partial charge on any atom is 0.258 e. The molecule has 1 amide bonds. The Labute approximate surface area is 193 Å². The summed E-state index contributed by atoms with van der Waals surface area (Å²) in [5.41, 5.74) is 3.03. The highest BCUT2D eigenvalue weighted by Gasteiger charge is 2.24. The number of carbonyl (C=O) groups excluding carboxylic acids is 1. The van der Waals surface area contributed by atoms with Crippen LogP contribution in [0.3, 0.4) is 0 Å². The first kappa shape index (κ1) is 21.9. The molecule has 5 heteroatoms. The van der Waals surface area contributed by atoms with Crippen LogP contribution in [0.4, 0.5) is 5.88 Å². The van der Waals surface area contributed by atoms with Gasteiger partial charge in [0.1, 0.15) is 23.1 Å². The largest absolute Gasteiger partial charge is 0.493 e. The van der Waals surface area contributed by atoms with Crippen molar-refractivity contribution in [3.63, 3.8) is 0 Å². The van der Waals surface area contributed by atoms with Gasteiger partial charge in [0, 0.05) is 16.7 Å². The second-order valence-corrected chi connectivity index (χ2v) is 8.04. The van der Waals surface area contributed by atoms with Crippen LogP contribution in [0.15, 0.2) is 89.3 Å². The molecule has 0 atom stereocenters. The first-order chi connectivity index (χ1) is 16.1. The minimum Gasteiger partial charge on any atom is -0.493 e. The summed E-state index contributed by atoms with van der Waals surface area (Å²) in [5.74, 6) is 1.41. The fraction of sp³-hybridized carbons (Fsp3) is 0.143. The average molecular weight is 437 g/mol. The molecule has 1 heterocycles. The molecule has 0 aliphatic heterocycles. The zero-order valence-corrected chi connectivity index (χ0v) is 18.5. The molecular formula is C28H24N2O3. The number of hydrogen-bond acceptors (Lipinski definition) is 4. The van der Waals surface area contributed by atoms with Crippen molar-refractivity contribution in [1.29, 1.82) is 5.26 Å². The standard InChI is InChI=1S/C28H24N2O3/c1-19(2)18-32-23-15-13-22(14-16-23)27(31)30-28-24(17-29)25(20-9-5-3-6-10-20)26(33-28)21-11-7-4-8-12-21/h3-16,19H,18H2,1-2H3,(H,30,31). The summed E-state index contributed by atoms with van der Waals surface area (Å²) in [6.45, 7) is 4.75. The van der Waals surface area contributed by atoms with Crippen LogP contribution in [0.5, 0.6) is 5.75 Å². The highest BCUT2D eigenvalue weighted by Crippen LogP contribution is 2.41. The zero-order chi connectivity index (χ0) is 23.2. The van der Waals surface area contributed by atoms with Crippen LogP contribution in [-0.4, -0.2) is 12.5 Å². The number of hydrogen-bond donors (Lipinski definition) is 1. The molecule has 3 aromatic carbocycles. The van der Waals surface area contributed by atoms with Crippen LogP contribution < -0.4 is 10.1 Å². The summed E-state index contributed by atoms with van der Waals surface area (Å²) in [4.78, 5) is 12.9. The quantitative estimate of drug-likeness (QED) is 0.347. The highest BCUT2D eigenvalue weighted by molar-refractivity contribution is 6.05. The van der Waals surface area contributed by atoms with Gasteiger partial charge in [-0.2, -0.15) is 5.26 Å². The van der Waals surface area contributed by atoms with E-state index in [1.54, 1.807) is 24.3 Å². The third-order valence-corrected chi connectivity index (χ3v) is 5.05. The Morgan fingerprint density at radius 2 is 1.55 bits per heavy atom. The molecule has 0 fully saturated rings. The number of furan rings is 1. The Kier molecular flexibility index (Phi) is 6.56. The normalized spacial score (nSPS) is 10.6. The topological polar surface area (TPSA) is 75.3 Å². The maximum absolute atomic E-state index is 12.9. The van der Waals surface area contributed by atoms with Crippen molar-refractivity contribution >= 4 is 11.8 Å². The molecule has 33 heavy (non-hydrogen) atoms. The summed E-state index contributed by atoms with van der Waals surface area (Å²) in [5, 5.41) is 12.7. The monoisotopic (exact) mass is 436 g/mol. The first-order valence-electron chi connectivity index (χ1n) is 10.8. The van der Waals surface area contributed by atoms with Gasteiger partial charge in [0.25, 0.3) is 5.91 Å². The van der Waals surface area contributed by atoms with Gasteiger partial charge >= 0.3 is 0 Å². The minimum absolute atomic E-state index is 0.125. The van der Waals surface area contributed by atoms with Crippen LogP contribution in [0.1, 0.15) is 29.8 Å². The Morgan fingerprint density at radius 3 is 2.12 bits per heavy atom. The molecule has 0 bridgehead atoms. The van der Waals surface area contributed by atoms with Crippen LogP contribution in [-0.2, 0) is 0 Å². The van der Waals surface area contributed by atoms with Crippen molar-refractivity contribution in [2.45, 2.75) is 13.8 Å². The lowest BCUT2D eigenvalue weighted by Crippen LogP contribution is -2.12. The number of nitrogens with one attached hydrogen (secondary N) is 1. The number of anilines is 1. The molecule has 0 radical (unpaired) electrons. The molecule has 0 aliphatic carbocycles. The Balaban J connectivity index is 1.68. The molecule has 0 saturated carbocycles. The highest BCUT2D eigenvalue weighted by atomic mass is 16.5. The van der Waals surface area contributed by atoms with Crippen molar-refractivity contribution in [3.8, 4) is 34.3 Å². The van der Waals surface area contributed by atoms with Crippen molar-refractivity contribution < 1.29 is 13.9 Å². The minimum atomic E-state index is -0.366. The first-order valence-corrected chi connectivity index (χ1v) is 10.8. The lowest BCUT2D eigenvalue weighted by Gasteiger charge is -2.09. The van der Waals surface area contributed by atoms with Gasteiger partial charge in [-0.3, -0.25) is 10.1 Å². The smallest absolute Gasteiger partial charge is 0.258 e.